The van der Waals surface area contributed by atoms with Crippen molar-refractivity contribution in [3.05, 3.63) is 41.4 Å². The van der Waals surface area contributed by atoms with E-state index in [0.717, 1.165) is 44.6 Å². The number of nitrogens with zero attached hydrogens (tertiary/aromatic N) is 1. The Morgan fingerprint density at radius 3 is 3.00 bits per heavy atom. The highest BCUT2D eigenvalue weighted by Crippen LogP contribution is 2.28. The largest absolute Gasteiger partial charge is 0.496 e. The third-order valence-electron chi connectivity index (χ3n) is 3.48. The molecule has 1 N–H and O–H groups in total. The standard InChI is InChI=1S/C16H24N2O/c1-3-9-18-16(15-7-5-6-11-19-15)14-8-10-17-12-13(14)4-2/h7-8,10,12,16,18H,3-6,9,11H2,1-2H3. The van der Waals surface area contributed by atoms with Crippen molar-refractivity contribution in [2.45, 2.75) is 45.6 Å². The van der Waals surface area contributed by atoms with Crippen LogP contribution in [0.2, 0.25) is 0 Å². The van der Waals surface area contributed by atoms with Gasteiger partial charge in [0.2, 0.25) is 0 Å². The van der Waals surface area contributed by atoms with Gasteiger partial charge in [0.25, 0.3) is 0 Å². The minimum Gasteiger partial charge on any atom is -0.496 e. The van der Waals surface area contributed by atoms with E-state index in [0.29, 0.717) is 0 Å². The lowest BCUT2D eigenvalue weighted by Crippen LogP contribution is -2.27. The Balaban J connectivity index is 2.27. The Labute approximate surface area is 116 Å². The Bertz CT molecular complexity index is 429. The first kappa shape index (κ1) is 14.1. The van der Waals surface area contributed by atoms with Crippen molar-refractivity contribution in [3.63, 3.8) is 0 Å². The average molecular weight is 260 g/mol. The molecule has 0 saturated carbocycles. The lowest BCUT2D eigenvalue weighted by molar-refractivity contribution is 0.167. The summed E-state index contributed by atoms with van der Waals surface area (Å²) in [5, 5.41) is 3.61. The first-order chi connectivity index (χ1) is 9.36. The first-order valence-corrected chi connectivity index (χ1v) is 7.35. The maximum atomic E-state index is 5.87. The number of rotatable bonds is 6. The number of allylic oxidation sites excluding steroid dienone is 1. The molecule has 19 heavy (non-hydrogen) atoms. The minimum absolute atomic E-state index is 0.179. The zero-order valence-electron chi connectivity index (χ0n) is 12.0. The van der Waals surface area contributed by atoms with Crippen LogP contribution in [0, 0.1) is 0 Å². The molecular weight excluding hydrogens is 236 g/mol. The first-order valence-electron chi connectivity index (χ1n) is 7.35. The van der Waals surface area contributed by atoms with Gasteiger partial charge >= 0.3 is 0 Å². The molecule has 3 heteroatoms. The van der Waals surface area contributed by atoms with Gasteiger partial charge in [-0.25, -0.2) is 0 Å². The summed E-state index contributed by atoms with van der Waals surface area (Å²) < 4.78 is 5.87. The van der Waals surface area contributed by atoms with E-state index in [4.69, 9.17) is 4.74 Å². The maximum absolute atomic E-state index is 5.87. The van der Waals surface area contributed by atoms with Crippen LogP contribution in [0.3, 0.4) is 0 Å². The molecule has 1 aromatic rings. The van der Waals surface area contributed by atoms with Crippen molar-refractivity contribution in [2.24, 2.45) is 0 Å². The zero-order valence-corrected chi connectivity index (χ0v) is 12.0. The van der Waals surface area contributed by atoms with Crippen molar-refractivity contribution < 1.29 is 4.74 Å². The molecular formula is C16H24N2O. The summed E-state index contributed by atoms with van der Waals surface area (Å²) in [7, 11) is 0. The van der Waals surface area contributed by atoms with E-state index in [9.17, 15) is 0 Å². The van der Waals surface area contributed by atoms with Crippen LogP contribution in [-0.2, 0) is 11.2 Å². The van der Waals surface area contributed by atoms with Gasteiger partial charge in [0.15, 0.2) is 0 Å². The normalized spacial score (nSPS) is 16.6. The molecule has 2 rings (SSSR count). The van der Waals surface area contributed by atoms with E-state index < -0.39 is 0 Å². The highest BCUT2D eigenvalue weighted by Gasteiger charge is 2.21. The van der Waals surface area contributed by atoms with Gasteiger partial charge in [-0.05, 0) is 55.5 Å². The van der Waals surface area contributed by atoms with E-state index in [-0.39, 0.29) is 6.04 Å². The van der Waals surface area contributed by atoms with Crippen molar-refractivity contribution in [1.82, 2.24) is 10.3 Å². The molecule has 0 radical (unpaired) electrons. The van der Waals surface area contributed by atoms with Crippen LogP contribution in [0.5, 0.6) is 0 Å². The van der Waals surface area contributed by atoms with Crippen LogP contribution < -0.4 is 5.32 Å². The Hall–Kier alpha value is -1.35. The summed E-state index contributed by atoms with van der Waals surface area (Å²) in [6.07, 6.45) is 10.4. The van der Waals surface area contributed by atoms with Gasteiger partial charge in [-0.3, -0.25) is 4.98 Å². The van der Waals surface area contributed by atoms with Crippen LogP contribution >= 0.6 is 0 Å². The minimum atomic E-state index is 0.179. The van der Waals surface area contributed by atoms with Gasteiger partial charge in [-0.15, -0.1) is 0 Å². The predicted octanol–water partition coefficient (Wildman–Crippen LogP) is 3.38. The zero-order chi connectivity index (χ0) is 13.5. The Morgan fingerprint density at radius 1 is 1.42 bits per heavy atom. The fourth-order valence-corrected chi connectivity index (χ4v) is 2.45. The lowest BCUT2D eigenvalue weighted by Gasteiger charge is -2.26. The molecule has 0 spiro atoms. The number of aryl methyl sites for hydroxylation is 1. The molecule has 1 atom stereocenters. The van der Waals surface area contributed by atoms with Gasteiger partial charge in [0, 0.05) is 12.4 Å². The van der Waals surface area contributed by atoms with Crippen LogP contribution in [0.1, 0.15) is 50.3 Å². The quantitative estimate of drug-likeness (QED) is 0.851. The summed E-state index contributed by atoms with van der Waals surface area (Å²) in [6.45, 7) is 6.19. The van der Waals surface area contributed by atoms with E-state index >= 15 is 0 Å². The molecule has 1 aliphatic heterocycles. The fourth-order valence-electron chi connectivity index (χ4n) is 2.45. The monoisotopic (exact) mass is 260 g/mol. The number of ether oxygens (including phenoxy) is 1. The number of hydrogen-bond acceptors (Lipinski definition) is 3. The SMILES string of the molecule is CCCNC(C1=CCCCO1)c1ccncc1CC. The van der Waals surface area contributed by atoms with Crippen molar-refractivity contribution in [1.29, 1.82) is 0 Å². The number of nitrogens with one attached hydrogen (secondary N) is 1. The van der Waals surface area contributed by atoms with Crippen LogP contribution in [0.15, 0.2) is 30.3 Å². The second-order valence-electron chi connectivity index (χ2n) is 4.91. The smallest absolute Gasteiger partial charge is 0.113 e. The topological polar surface area (TPSA) is 34.1 Å². The summed E-state index contributed by atoms with van der Waals surface area (Å²) in [4.78, 5) is 4.24. The maximum Gasteiger partial charge on any atom is 0.113 e. The van der Waals surface area contributed by atoms with E-state index in [1.54, 1.807) is 0 Å². The van der Waals surface area contributed by atoms with Gasteiger partial charge in [-0.2, -0.15) is 0 Å². The van der Waals surface area contributed by atoms with E-state index in [1.807, 2.05) is 12.4 Å². The molecule has 0 amide bonds. The Morgan fingerprint density at radius 2 is 2.32 bits per heavy atom. The van der Waals surface area contributed by atoms with E-state index in [2.05, 4.69) is 36.3 Å². The molecule has 1 aromatic heterocycles. The van der Waals surface area contributed by atoms with Crippen molar-refractivity contribution >= 4 is 0 Å². The molecule has 104 valence electrons. The molecule has 1 unspecified atom stereocenters. The average Bonchev–Trinajstić information content (AvgIpc) is 2.49. The predicted molar refractivity (Wildman–Crippen MR) is 77.9 cm³/mol. The summed E-state index contributed by atoms with van der Waals surface area (Å²) in [5.41, 5.74) is 2.60. The third kappa shape index (κ3) is 3.57. The van der Waals surface area contributed by atoms with Crippen LogP contribution in [-0.4, -0.2) is 18.1 Å². The van der Waals surface area contributed by atoms with Crippen LogP contribution in [0.4, 0.5) is 0 Å². The summed E-state index contributed by atoms with van der Waals surface area (Å²) >= 11 is 0. The van der Waals surface area contributed by atoms with Crippen molar-refractivity contribution in [3.8, 4) is 0 Å². The number of pyridine rings is 1. The second-order valence-corrected chi connectivity index (χ2v) is 4.91. The molecule has 0 saturated heterocycles. The molecule has 0 aromatic carbocycles. The summed E-state index contributed by atoms with van der Waals surface area (Å²) in [6, 6.07) is 2.29. The van der Waals surface area contributed by atoms with Crippen LogP contribution in [0.25, 0.3) is 0 Å². The molecule has 1 aliphatic rings. The van der Waals surface area contributed by atoms with Gasteiger partial charge in [0.05, 0.1) is 12.6 Å². The molecule has 3 nitrogen and oxygen atoms in total. The van der Waals surface area contributed by atoms with Gasteiger partial charge in [0.1, 0.15) is 5.76 Å². The highest BCUT2D eigenvalue weighted by atomic mass is 16.5. The molecule has 0 aliphatic carbocycles. The van der Waals surface area contributed by atoms with Crippen molar-refractivity contribution in [2.75, 3.05) is 13.2 Å². The van der Waals surface area contributed by atoms with E-state index in [1.165, 1.54) is 11.1 Å². The Kier molecular flexibility index (Phi) is 5.40. The highest BCUT2D eigenvalue weighted by molar-refractivity contribution is 5.32. The lowest BCUT2D eigenvalue weighted by atomic mass is 9.97. The molecule has 0 bridgehead atoms. The number of aromatic nitrogens is 1. The second kappa shape index (κ2) is 7.29. The molecule has 0 fully saturated rings. The number of hydrogen-bond donors (Lipinski definition) is 1. The third-order valence-corrected chi connectivity index (χ3v) is 3.48. The summed E-state index contributed by atoms with van der Waals surface area (Å²) in [5.74, 6) is 1.08. The fraction of sp³-hybridized carbons (Fsp3) is 0.562. The van der Waals surface area contributed by atoms with Gasteiger partial charge in [-0.1, -0.05) is 13.8 Å². The van der Waals surface area contributed by atoms with Gasteiger partial charge < -0.3 is 10.1 Å². The molecule has 2 heterocycles.